The van der Waals surface area contributed by atoms with Crippen LogP contribution in [0.1, 0.15) is 36.1 Å². The molecule has 0 unspecified atom stereocenters. The minimum Gasteiger partial charge on any atom is -0.496 e. The molecule has 0 atom stereocenters. The fourth-order valence-corrected chi connectivity index (χ4v) is 2.51. The van der Waals surface area contributed by atoms with Gasteiger partial charge >= 0.3 is 0 Å². The predicted molar refractivity (Wildman–Crippen MR) is 70.9 cm³/mol. The summed E-state index contributed by atoms with van der Waals surface area (Å²) < 4.78 is 11.5. The molecule has 2 heteroatoms. The van der Waals surface area contributed by atoms with Gasteiger partial charge in [-0.25, -0.2) is 0 Å². The van der Waals surface area contributed by atoms with Crippen LogP contribution in [0.3, 0.4) is 0 Å². The van der Waals surface area contributed by atoms with Crippen LogP contribution in [0.5, 0.6) is 11.5 Å². The van der Waals surface area contributed by atoms with Crippen LogP contribution >= 0.6 is 0 Å². The van der Waals surface area contributed by atoms with Gasteiger partial charge in [-0.05, 0) is 51.3 Å². The van der Waals surface area contributed by atoms with Gasteiger partial charge in [0.2, 0.25) is 0 Å². The molecule has 0 aliphatic carbocycles. The first-order valence-corrected chi connectivity index (χ1v) is 5.87. The van der Waals surface area contributed by atoms with Crippen molar-refractivity contribution >= 4 is 5.57 Å². The molecule has 1 aliphatic heterocycles. The third-order valence-electron chi connectivity index (χ3n) is 3.78. The number of benzene rings is 1. The minimum atomic E-state index is -0.323. The first-order chi connectivity index (χ1) is 7.81. The maximum absolute atomic E-state index is 6.04. The molecule has 0 bridgehead atoms. The van der Waals surface area contributed by atoms with Gasteiger partial charge in [0.25, 0.3) is 0 Å². The predicted octanol–water partition coefficient (Wildman–Crippen LogP) is 3.80. The summed E-state index contributed by atoms with van der Waals surface area (Å²) in [6, 6.07) is 0. The summed E-state index contributed by atoms with van der Waals surface area (Å²) in [7, 11) is 1.71. The number of methoxy groups -OCH3 is 1. The maximum atomic E-state index is 6.04. The van der Waals surface area contributed by atoms with E-state index >= 15 is 0 Å². The zero-order valence-corrected chi connectivity index (χ0v) is 11.5. The van der Waals surface area contributed by atoms with Crippen molar-refractivity contribution in [2.24, 2.45) is 0 Å². The summed E-state index contributed by atoms with van der Waals surface area (Å²) in [5, 5.41) is 0. The van der Waals surface area contributed by atoms with Crippen LogP contribution in [0, 0.1) is 20.8 Å². The fourth-order valence-electron chi connectivity index (χ4n) is 2.51. The second-order valence-electron chi connectivity index (χ2n) is 5.20. The van der Waals surface area contributed by atoms with E-state index < -0.39 is 0 Å². The first-order valence-electron chi connectivity index (χ1n) is 5.87. The molecule has 1 aromatic carbocycles. The van der Waals surface area contributed by atoms with Gasteiger partial charge in [0.15, 0.2) is 0 Å². The Morgan fingerprint density at radius 1 is 1.06 bits per heavy atom. The summed E-state index contributed by atoms with van der Waals surface area (Å²) in [5.74, 6) is 1.92. The smallest absolute Gasteiger partial charge is 0.131 e. The zero-order chi connectivity index (χ0) is 13.0. The van der Waals surface area contributed by atoms with Crippen molar-refractivity contribution in [1.82, 2.24) is 0 Å². The monoisotopic (exact) mass is 232 g/mol. The highest BCUT2D eigenvalue weighted by Gasteiger charge is 2.38. The average molecular weight is 232 g/mol. The van der Waals surface area contributed by atoms with Crippen molar-refractivity contribution < 1.29 is 9.47 Å². The van der Waals surface area contributed by atoms with Gasteiger partial charge in [0.05, 0.1) is 7.11 Å². The Morgan fingerprint density at radius 2 is 1.65 bits per heavy atom. The summed E-state index contributed by atoms with van der Waals surface area (Å²) in [4.78, 5) is 0. The first kappa shape index (κ1) is 12.0. The lowest BCUT2D eigenvalue weighted by Gasteiger charge is -2.19. The topological polar surface area (TPSA) is 18.5 Å². The van der Waals surface area contributed by atoms with Crippen molar-refractivity contribution in [3.63, 3.8) is 0 Å². The summed E-state index contributed by atoms with van der Waals surface area (Å²) in [6.45, 7) is 14.5. The molecule has 0 spiro atoms. The molecule has 0 amide bonds. The quantitative estimate of drug-likeness (QED) is 0.733. The Hall–Kier alpha value is -1.44. The van der Waals surface area contributed by atoms with Gasteiger partial charge in [-0.1, -0.05) is 6.58 Å². The van der Waals surface area contributed by atoms with Crippen molar-refractivity contribution in [3.05, 3.63) is 28.8 Å². The Morgan fingerprint density at radius 3 is 2.18 bits per heavy atom. The fraction of sp³-hybridized carbons (Fsp3) is 0.467. The molecule has 0 radical (unpaired) electrons. The molecule has 2 nitrogen and oxygen atoms in total. The summed E-state index contributed by atoms with van der Waals surface area (Å²) >= 11 is 0. The Labute approximate surface area is 103 Å². The molecular formula is C15H20O2. The lowest BCUT2D eigenvalue weighted by molar-refractivity contribution is 0.188. The number of fused-ring (bicyclic) bond motifs is 1. The van der Waals surface area contributed by atoms with E-state index in [1.807, 2.05) is 0 Å². The van der Waals surface area contributed by atoms with E-state index in [2.05, 4.69) is 41.2 Å². The highest BCUT2D eigenvalue weighted by atomic mass is 16.5. The number of ether oxygens (including phenoxy) is 2. The Kier molecular flexibility index (Phi) is 2.49. The standard InChI is InChI=1S/C15H20O2/c1-8-9(2)14-12(10(3)13(8)16-7)11(4)15(5,6)17-14/h4H2,1-3,5-7H3. The largest absolute Gasteiger partial charge is 0.496 e. The van der Waals surface area contributed by atoms with E-state index in [0.29, 0.717) is 0 Å². The lowest BCUT2D eigenvalue weighted by Crippen LogP contribution is -2.23. The van der Waals surface area contributed by atoms with Gasteiger partial charge in [0, 0.05) is 11.1 Å². The third-order valence-corrected chi connectivity index (χ3v) is 3.78. The van der Waals surface area contributed by atoms with Crippen LogP contribution in [0.25, 0.3) is 5.57 Å². The Bertz CT molecular complexity index is 510. The molecule has 1 aliphatic rings. The van der Waals surface area contributed by atoms with Crippen LogP contribution in [-0.2, 0) is 0 Å². The lowest BCUT2D eigenvalue weighted by atomic mass is 9.89. The van der Waals surface area contributed by atoms with Gasteiger partial charge in [-0.15, -0.1) is 0 Å². The minimum absolute atomic E-state index is 0.323. The highest BCUT2D eigenvalue weighted by molar-refractivity contribution is 5.83. The molecule has 17 heavy (non-hydrogen) atoms. The average Bonchev–Trinajstić information content (AvgIpc) is 2.49. The van der Waals surface area contributed by atoms with Gasteiger partial charge in [-0.2, -0.15) is 0 Å². The molecule has 92 valence electrons. The van der Waals surface area contributed by atoms with E-state index in [4.69, 9.17) is 9.47 Å². The van der Waals surface area contributed by atoms with Gasteiger partial charge < -0.3 is 9.47 Å². The summed E-state index contributed by atoms with van der Waals surface area (Å²) in [6.07, 6.45) is 0. The van der Waals surface area contributed by atoms with Crippen molar-refractivity contribution in [1.29, 1.82) is 0 Å². The molecule has 1 heterocycles. The number of rotatable bonds is 1. The molecule has 0 saturated heterocycles. The molecule has 0 fully saturated rings. The molecule has 0 aromatic heterocycles. The van der Waals surface area contributed by atoms with Crippen molar-refractivity contribution in [2.75, 3.05) is 7.11 Å². The third kappa shape index (κ3) is 1.47. The SMILES string of the molecule is C=C1c2c(C)c(OC)c(C)c(C)c2OC1(C)C. The Balaban J connectivity index is 2.80. The molecule has 2 rings (SSSR count). The second-order valence-corrected chi connectivity index (χ2v) is 5.20. The number of hydrogen-bond acceptors (Lipinski definition) is 2. The van der Waals surface area contributed by atoms with Gasteiger partial charge in [0.1, 0.15) is 17.1 Å². The molecule has 1 aromatic rings. The maximum Gasteiger partial charge on any atom is 0.131 e. The van der Waals surface area contributed by atoms with Crippen molar-refractivity contribution in [2.45, 2.75) is 40.2 Å². The van der Waals surface area contributed by atoms with E-state index in [1.165, 1.54) is 0 Å². The molecule has 0 saturated carbocycles. The van der Waals surface area contributed by atoms with Gasteiger partial charge in [-0.3, -0.25) is 0 Å². The van der Waals surface area contributed by atoms with E-state index in [0.717, 1.165) is 39.3 Å². The van der Waals surface area contributed by atoms with Crippen molar-refractivity contribution in [3.8, 4) is 11.5 Å². The zero-order valence-electron chi connectivity index (χ0n) is 11.5. The van der Waals surface area contributed by atoms with E-state index in [-0.39, 0.29) is 5.60 Å². The van der Waals surface area contributed by atoms with Crippen LogP contribution in [0.2, 0.25) is 0 Å². The normalized spacial score (nSPS) is 16.7. The molecular weight excluding hydrogens is 212 g/mol. The van der Waals surface area contributed by atoms with E-state index in [1.54, 1.807) is 7.11 Å². The summed E-state index contributed by atoms with van der Waals surface area (Å²) in [5.41, 5.74) is 5.25. The highest BCUT2D eigenvalue weighted by Crippen LogP contribution is 2.50. The van der Waals surface area contributed by atoms with Crippen LogP contribution in [-0.4, -0.2) is 12.7 Å². The second kappa shape index (κ2) is 3.52. The van der Waals surface area contributed by atoms with Crippen LogP contribution in [0.4, 0.5) is 0 Å². The van der Waals surface area contributed by atoms with Crippen LogP contribution in [0.15, 0.2) is 6.58 Å². The number of hydrogen-bond donors (Lipinski definition) is 0. The van der Waals surface area contributed by atoms with E-state index in [9.17, 15) is 0 Å². The molecule has 0 N–H and O–H groups in total. The van der Waals surface area contributed by atoms with Crippen LogP contribution < -0.4 is 9.47 Å².